The lowest BCUT2D eigenvalue weighted by atomic mass is 10.0. The summed E-state index contributed by atoms with van der Waals surface area (Å²) in [5.74, 6) is 0. The Kier molecular flexibility index (Phi) is 4.68. The summed E-state index contributed by atoms with van der Waals surface area (Å²) in [6, 6.07) is 12.2. The van der Waals surface area contributed by atoms with Gasteiger partial charge in [-0.05, 0) is 38.5 Å². The molecule has 0 aliphatic carbocycles. The smallest absolute Gasteiger partial charge is 0.267 e. The van der Waals surface area contributed by atoms with Gasteiger partial charge in [0.15, 0.2) is 0 Å². The zero-order valence-corrected chi connectivity index (χ0v) is 16.0. The first-order valence-electron chi connectivity index (χ1n) is 8.30. The van der Waals surface area contributed by atoms with Crippen LogP contribution >= 0.6 is 0 Å². The largest absolute Gasteiger partial charge is 0.274 e. The Balaban J connectivity index is 2.27. The summed E-state index contributed by atoms with van der Waals surface area (Å²) >= 11 is 0. The van der Waals surface area contributed by atoms with E-state index in [0.29, 0.717) is 27.6 Å². The molecule has 0 bridgehead atoms. The molecule has 0 spiro atoms. The maximum atomic E-state index is 12.6. The van der Waals surface area contributed by atoms with Crippen LogP contribution in [-0.2, 0) is 17.1 Å². The number of fused-ring (bicyclic) bond motifs is 1. The van der Waals surface area contributed by atoms with E-state index in [1.54, 1.807) is 52.1 Å². The summed E-state index contributed by atoms with van der Waals surface area (Å²) in [4.78, 5) is 12.5. The van der Waals surface area contributed by atoms with Gasteiger partial charge in [-0.15, -0.1) is 0 Å². The first-order valence-corrected chi connectivity index (χ1v) is 9.78. The Morgan fingerprint density at radius 3 is 2.38 bits per heavy atom. The molecule has 26 heavy (non-hydrogen) atoms. The molecule has 6 nitrogen and oxygen atoms in total. The second-order valence-electron chi connectivity index (χ2n) is 6.58. The van der Waals surface area contributed by atoms with Crippen LogP contribution in [0.4, 0.5) is 0 Å². The lowest BCUT2D eigenvalue weighted by molar-refractivity contribution is 0.569. The minimum Gasteiger partial charge on any atom is -0.267 e. The van der Waals surface area contributed by atoms with E-state index in [9.17, 15) is 13.2 Å². The Morgan fingerprint density at radius 2 is 1.73 bits per heavy atom. The minimum absolute atomic E-state index is 0.189. The summed E-state index contributed by atoms with van der Waals surface area (Å²) < 4.78 is 29.2. The van der Waals surface area contributed by atoms with Crippen LogP contribution in [0, 0.1) is 6.92 Å². The van der Waals surface area contributed by atoms with Gasteiger partial charge in [-0.25, -0.2) is 17.8 Å². The quantitative estimate of drug-likeness (QED) is 0.764. The Morgan fingerprint density at radius 1 is 1.08 bits per heavy atom. The molecule has 3 rings (SSSR count). The monoisotopic (exact) mass is 371 g/mol. The Labute approximate surface area is 152 Å². The van der Waals surface area contributed by atoms with Crippen LogP contribution in [-0.4, -0.2) is 24.2 Å². The third-order valence-corrected chi connectivity index (χ3v) is 5.90. The number of nitrogens with one attached hydrogen (secondary N) is 1. The van der Waals surface area contributed by atoms with Crippen molar-refractivity contribution in [3.8, 4) is 11.3 Å². The number of nitrogens with zero attached hydrogens (tertiary/aromatic N) is 2. The molecule has 0 aliphatic heterocycles. The summed E-state index contributed by atoms with van der Waals surface area (Å²) in [6.45, 7) is 5.31. The van der Waals surface area contributed by atoms with Crippen molar-refractivity contribution in [3.05, 3.63) is 58.4 Å². The fourth-order valence-corrected chi connectivity index (χ4v) is 4.45. The van der Waals surface area contributed by atoms with Gasteiger partial charge in [0.25, 0.3) is 5.56 Å². The normalized spacial score (nSPS) is 12.0. The zero-order valence-electron chi connectivity index (χ0n) is 15.1. The van der Waals surface area contributed by atoms with Crippen LogP contribution in [0.1, 0.15) is 19.4 Å². The molecule has 0 atom stereocenters. The highest BCUT2D eigenvalue weighted by Gasteiger charge is 2.20. The molecule has 3 aromatic rings. The maximum absolute atomic E-state index is 12.6. The number of hydrogen-bond acceptors (Lipinski definition) is 4. The molecule has 0 aliphatic rings. The van der Waals surface area contributed by atoms with Gasteiger partial charge in [0.05, 0.1) is 16.0 Å². The number of aryl methyl sites for hydroxylation is 2. The van der Waals surface area contributed by atoms with Crippen molar-refractivity contribution < 1.29 is 8.42 Å². The van der Waals surface area contributed by atoms with E-state index in [-0.39, 0.29) is 16.5 Å². The number of hydrogen-bond donors (Lipinski definition) is 1. The van der Waals surface area contributed by atoms with Crippen molar-refractivity contribution in [2.45, 2.75) is 31.7 Å². The highest BCUT2D eigenvalue weighted by molar-refractivity contribution is 7.89. The van der Waals surface area contributed by atoms with Crippen molar-refractivity contribution in [1.82, 2.24) is 14.5 Å². The van der Waals surface area contributed by atoms with Crippen LogP contribution in [0.2, 0.25) is 0 Å². The molecular formula is C19H21N3O3S. The van der Waals surface area contributed by atoms with Gasteiger partial charge in [-0.2, -0.15) is 5.10 Å². The molecule has 0 amide bonds. The van der Waals surface area contributed by atoms with Crippen LogP contribution in [0.3, 0.4) is 0 Å². The molecule has 0 saturated carbocycles. The third kappa shape index (κ3) is 3.27. The number of sulfonamides is 1. The first-order chi connectivity index (χ1) is 12.2. The van der Waals surface area contributed by atoms with Crippen LogP contribution < -0.4 is 10.3 Å². The van der Waals surface area contributed by atoms with Gasteiger partial charge in [-0.1, -0.05) is 30.3 Å². The van der Waals surface area contributed by atoms with Crippen molar-refractivity contribution in [2.24, 2.45) is 7.05 Å². The topological polar surface area (TPSA) is 81.1 Å². The summed E-state index contributed by atoms with van der Waals surface area (Å²) in [7, 11) is -2.05. The van der Waals surface area contributed by atoms with Crippen molar-refractivity contribution >= 4 is 20.8 Å². The number of benzene rings is 2. The second-order valence-corrected chi connectivity index (χ2v) is 8.26. The van der Waals surface area contributed by atoms with E-state index in [4.69, 9.17) is 0 Å². The predicted molar refractivity (Wildman–Crippen MR) is 103 cm³/mol. The number of rotatable bonds is 4. The van der Waals surface area contributed by atoms with Crippen molar-refractivity contribution in [1.29, 1.82) is 0 Å². The van der Waals surface area contributed by atoms with Gasteiger partial charge in [0.2, 0.25) is 10.0 Å². The number of aromatic nitrogens is 2. The fraction of sp³-hybridized carbons (Fsp3) is 0.263. The molecule has 0 fully saturated rings. The standard InChI is InChI=1S/C19H21N3O3S/c1-12(2)21-26(24,25)17-11-14(10-9-13(17)3)18-15-7-5-6-8-16(15)19(23)22(4)20-18/h5-12,21H,1-4H3. The fourth-order valence-electron chi connectivity index (χ4n) is 2.92. The first kappa shape index (κ1) is 18.3. The maximum Gasteiger partial charge on any atom is 0.274 e. The Hall–Kier alpha value is -2.51. The summed E-state index contributed by atoms with van der Waals surface area (Å²) in [5, 5.41) is 5.61. The van der Waals surface area contributed by atoms with Crippen molar-refractivity contribution in [3.63, 3.8) is 0 Å². The van der Waals surface area contributed by atoms with Gasteiger partial charge < -0.3 is 0 Å². The van der Waals surface area contributed by atoms with E-state index in [2.05, 4.69) is 9.82 Å². The van der Waals surface area contributed by atoms with Crippen molar-refractivity contribution in [2.75, 3.05) is 0 Å². The second kappa shape index (κ2) is 6.66. The molecule has 1 heterocycles. The van der Waals surface area contributed by atoms with Crippen LogP contribution in [0.5, 0.6) is 0 Å². The highest BCUT2D eigenvalue weighted by atomic mass is 32.2. The third-order valence-electron chi connectivity index (χ3n) is 4.10. The molecular weight excluding hydrogens is 350 g/mol. The zero-order chi connectivity index (χ0) is 19.1. The SMILES string of the molecule is Cc1ccc(-c2nn(C)c(=O)c3ccccc23)cc1S(=O)(=O)NC(C)C. The molecule has 1 aromatic heterocycles. The van der Waals surface area contributed by atoms with Gasteiger partial charge >= 0.3 is 0 Å². The predicted octanol–water partition coefficient (Wildman–Crippen LogP) is 2.60. The lowest BCUT2D eigenvalue weighted by Crippen LogP contribution is -2.30. The van der Waals surface area contributed by atoms with E-state index >= 15 is 0 Å². The Bertz CT molecular complexity index is 1150. The van der Waals surface area contributed by atoms with Gasteiger partial charge in [-0.3, -0.25) is 4.79 Å². The molecule has 0 saturated heterocycles. The van der Waals surface area contributed by atoms with Crippen LogP contribution in [0.25, 0.3) is 22.0 Å². The van der Waals surface area contributed by atoms with Gasteiger partial charge in [0, 0.05) is 24.0 Å². The molecule has 0 radical (unpaired) electrons. The summed E-state index contributed by atoms with van der Waals surface area (Å²) in [5.41, 5.74) is 1.68. The average Bonchev–Trinajstić information content (AvgIpc) is 2.57. The lowest BCUT2D eigenvalue weighted by Gasteiger charge is -2.14. The highest BCUT2D eigenvalue weighted by Crippen LogP contribution is 2.28. The molecule has 136 valence electrons. The van der Waals surface area contributed by atoms with Gasteiger partial charge in [0.1, 0.15) is 0 Å². The van der Waals surface area contributed by atoms with E-state index in [0.717, 1.165) is 0 Å². The minimum atomic E-state index is -3.64. The van der Waals surface area contributed by atoms with E-state index in [1.807, 2.05) is 18.2 Å². The molecule has 0 unspecified atom stereocenters. The van der Waals surface area contributed by atoms with E-state index in [1.165, 1.54) is 4.68 Å². The van der Waals surface area contributed by atoms with E-state index < -0.39 is 10.0 Å². The molecule has 1 N–H and O–H groups in total. The van der Waals surface area contributed by atoms with Crippen LogP contribution in [0.15, 0.2) is 52.2 Å². The average molecular weight is 371 g/mol. The molecule has 7 heteroatoms. The summed E-state index contributed by atoms with van der Waals surface area (Å²) in [6.07, 6.45) is 0. The molecule has 2 aromatic carbocycles.